The van der Waals surface area contributed by atoms with Crippen LogP contribution < -0.4 is 5.32 Å². The average molecular weight is 372 g/mol. The summed E-state index contributed by atoms with van der Waals surface area (Å²) in [5.41, 5.74) is 0.993. The Bertz CT molecular complexity index is 610. The van der Waals surface area contributed by atoms with Crippen molar-refractivity contribution in [2.75, 3.05) is 7.05 Å². The summed E-state index contributed by atoms with van der Waals surface area (Å²) >= 11 is 5.76. The molecule has 2 aromatic heterocycles. The first-order valence-corrected chi connectivity index (χ1v) is 6.30. The first kappa shape index (κ1) is 16.2. The Morgan fingerprint density at radius 1 is 1.45 bits per heavy atom. The van der Waals surface area contributed by atoms with Crippen LogP contribution in [0, 0.1) is 6.20 Å². The van der Waals surface area contributed by atoms with Crippen LogP contribution in [0.4, 0.5) is 0 Å². The third-order valence-corrected chi connectivity index (χ3v) is 3.77. The van der Waals surface area contributed by atoms with Gasteiger partial charge in [0.25, 0.3) is 0 Å². The van der Waals surface area contributed by atoms with Crippen LogP contribution in [0.5, 0.6) is 0 Å². The number of aliphatic hydroxyl groups excluding tert-OH is 2. The van der Waals surface area contributed by atoms with Gasteiger partial charge in [0.1, 0.15) is 11.4 Å². The van der Waals surface area contributed by atoms with E-state index in [1.54, 1.807) is 17.9 Å². The van der Waals surface area contributed by atoms with Crippen molar-refractivity contribution >= 4 is 22.8 Å². The van der Waals surface area contributed by atoms with Crippen molar-refractivity contribution < 1.29 is 42.9 Å². The minimum absolute atomic E-state index is 0. The van der Waals surface area contributed by atoms with Crippen LogP contribution in [0.15, 0.2) is 6.33 Å². The van der Waals surface area contributed by atoms with Crippen LogP contribution in [-0.4, -0.2) is 55.0 Å². The molecule has 0 aromatic carbocycles. The zero-order valence-corrected chi connectivity index (χ0v) is 14.3. The summed E-state index contributed by atoms with van der Waals surface area (Å²) in [6, 6.07) is -0.476. The van der Waals surface area contributed by atoms with E-state index >= 15 is 0 Å². The van der Waals surface area contributed by atoms with Gasteiger partial charge >= 0.3 is 0 Å². The van der Waals surface area contributed by atoms with E-state index in [-0.39, 0.29) is 50.1 Å². The number of halogens is 1. The smallest absolute Gasteiger partial charge is 0.107 e. The summed E-state index contributed by atoms with van der Waals surface area (Å²) in [5, 5.41) is 23.1. The van der Waals surface area contributed by atoms with E-state index in [0.717, 1.165) is 0 Å². The Hall–Kier alpha value is -0.176. The predicted molar refractivity (Wildman–Crippen MR) is 67.7 cm³/mol. The number of aromatic nitrogens is 4. The molecule has 7 nitrogen and oxygen atoms in total. The molecular weight excluding hydrogens is 359 g/mol. The molecule has 20 heavy (non-hydrogen) atoms. The molecule has 1 aliphatic carbocycles. The molecule has 1 aliphatic rings. The van der Waals surface area contributed by atoms with E-state index in [2.05, 4.69) is 26.5 Å². The number of nitrogens with zero attached hydrogens (tertiary/aromatic N) is 4. The van der Waals surface area contributed by atoms with Gasteiger partial charge in [-0.2, -0.15) is 0 Å². The Morgan fingerprint density at radius 2 is 2.20 bits per heavy atom. The van der Waals surface area contributed by atoms with Crippen LogP contribution in [0.3, 0.4) is 0 Å². The first-order valence-electron chi connectivity index (χ1n) is 5.93. The van der Waals surface area contributed by atoms with E-state index in [4.69, 9.17) is 11.6 Å². The van der Waals surface area contributed by atoms with Gasteiger partial charge in [0.2, 0.25) is 0 Å². The maximum absolute atomic E-state index is 10.1. The van der Waals surface area contributed by atoms with Crippen molar-refractivity contribution in [2.24, 2.45) is 0 Å². The van der Waals surface area contributed by atoms with E-state index in [1.165, 1.54) is 0 Å². The summed E-state index contributed by atoms with van der Waals surface area (Å²) in [6.45, 7) is 0. The monoisotopic (exact) mass is 371 g/mol. The second kappa shape index (κ2) is 6.29. The van der Waals surface area contributed by atoms with Gasteiger partial charge in [0.05, 0.1) is 18.5 Å². The van der Waals surface area contributed by atoms with E-state index in [9.17, 15) is 10.2 Å². The quantitative estimate of drug-likeness (QED) is 0.488. The normalized spacial score (nSPS) is 29.6. The van der Waals surface area contributed by atoms with Crippen LogP contribution in [0.1, 0.15) is 12.5 Å². The fraction of sp³-hybridized carbons (Fsp3) is 0.545. The number of fused-ring (bicyclic) bond motifs is 1. The van der Waals surface area contributed by atoms with Gasteiger partial charge in [0, 0.05) is 49.9 Å². The maximum atomic E-state index is 10.1. The van der Waals surface area contributed by atoms with Gasteiger partial charge in [-0.1, -0.05) is 0 Å². The Kier molecular flexibility index (Phi) is 5.10. The van der Waals surface area contributed by atoms with Gasteiger partial charge < -0.3 is 30.1 Å². The molecule has 105 valence electrons. The molecule has 9 heteroatoms. The van der Waals surface area contributed by atoms with Crippen LogP contribution in [0.25, 0.3) is 11.2 Å². The Morgan fingerprint density at radius 3 is 2.85 bits per heavy atom. The molecule has 0 bridgehead atoms. The van der Waals surface area contributed by atoms with Crippen molar-refractivity contribution in [3.63, 3.8) is 0 Å². The van der Waals surface area contributed by atoms with Gasteiger partial charge in [0.15, 0.2) is 0 Å². The summed E-state index contributed by atoms with van der Waals surface area (Å²) in [4.78, 5) is 12.0. The summed E-state index contributed by atoms with van der Waals surface area (Å²) < 4.78 is 1.71. The standard InChI is InChI=1S/C11H13ClN5O2.Y/c1-13-5-2-7(9(19)8(5)18)17-4-15-6-3-14-11(12)16-10(6)17;/h4-5,7-9,13,18-19H,2H2,1H3;/q-1;/t5-,7+,8-,9+;/m0./s1. The maximum Gasteiger partial charge on any atom is 0.107 e. The summed E-state index contributed by atoms with van der Waals surface area (Å²) in [6.07, 6.45) is 3.10. The van der Waals surface area contributed by atoms with E-state index in [1.807, 2.05) is 0 Å². The number of hydrogen-bond acceptors (Lipinski definition) is 6. The molecule has 1 saturated carbocycles. The molecule has 0 spiro atoms. The van der Waals surface area contributed by atoms with Crippen molar-refractivity contribution in [3.8, 4) is 0 Å². The number of aliphatic hydroxyl groups is 2. The SMILES string of the molecule is CN[C@H]1C[C@@H](n2cnc3[c-]nc(Cl)nc32)[C@@H](O)[C@H]1O.[Y]. The summed E-state index contributed by atoms with van der Waals surface area (Å²) in [7, 11) is 1.75. The minimum atomic E-state index is -0.886. The predicted octanol–water partition coefficient (Wildman–Crippen LogP) is -0.468. The minimum Gasteiger partial charge on any atom is -0.389 e. The fourth-order valence-corrected chi connectivity index (χ4v) is 2.69. The van der Waals surface area contributed by atoms with E-state index < -0.39 is 12.2 Å². The molecule has 3 rings (SSSR count). The van der Waals surface area contributed by atoms with Gasteiger partial charge in [-0.05, 0) is 19.7 Å². The first-order chi connectivity index (χ1) is 9.11. The molecule has 3 N–H and O–H groups in total. The largest absolute Gasteiger partial charge is 0.389 e. The number of nitrogens with one attached hydrogen (secondary N) is 1. The molecule has 0 unspecified atom stereocenters. The van der Waals surface area contributed by atoms with Crippen LogP contribution in [-0.2, 0) is 32.7 Å². The van der Waals surface area contributed by atoms with Gasteiger partial charge in [-0.25, -0.2) is 0 Å². The van der Waals surface area contributed by atoms with Crippen molar-refractivity contribution in [1.29, 1.82) is 0 Å². The molecule has 2 heterocycles. The van der Waals surface area contributed by atoms with Crippen LogP contribution >= 0.6 is 11.6 Å². The number of likely N-dealkylation sites (N-methyl/N-ethyl adjacent to an activating group) is 1. The molecule has 0 saturated heterocycles. The number of imidazole rings is 1. The van der Waals surface area contributed by atoms with Crippen LogP contribution in [0.2, 0.25) is 5.28 Å². The molecule has 2 aromatic rings. The zero-order valence-electron chi connectivity index (χ0n) is 10.7. The molecular formula is C11H13ClN5O2Y-. The molecule has 1 fully saturated rings. The molecule has 4 atom stereocenters. The average Bonchev–Trinajstić information content (AvgIpc) is 2.92. The fourth-order valence-electron chi connectivity index (χ4n) is 2.57. The van der Waals surface area contributed by atoms with E-state index in [0.29, 0.717) is 17.6 Å². The van der Waals surface area contributed by atoms with Gasteiger partial charge in [-0.15, -0.1) is 11.6 Å². The molecule has 1 radical (unpaired) electrons. The molecule has 0 amide bonds. The number of hydrogen-bond donors (Lipinski definition) is 3. The van der Waals surface area contributed by atoms with Crippen molar-refractivity contribution in [1.82, 2.24) is 24.8 Å². The third-order valence-electron chi connectivity index (χ3n) is 3.60. The Labute approximate surface area is 145 Å². The second-order valence-electron chi connectivity index (χ2n) is 4.61. The third kappa shape index (κ3) is 2.63. The summed E-state index contributed by atoms with van der Waals surface area (Å²) in [5.74, 6) is 0. The second-order valence-corrected chi connectivity index (χ2v) is 4.95. The molecule has 0 aliphatic heterocycles. The Balaban J connectivity index is 0.00000147. The number of rotatable bonds is 2. The van der Waals surface area contributed by atoms with Gasteiger partial charge in [-0.3, -0.25) is 4.98 Å². The zero-order chi connectivity index (χ0) is 13.6. The van der Waals surface area contributed by atoms with Crippen molar-refractivity contribution in [3.05, 3.63) is 17.8 Å². The van der Waals surface area contributed by atoms with Crippen molar-refractivity contribution in [2.45, 2.75) is 30.7 Å². The topological polar surface area (TPSA) is 96.1 Å².